The number of benzene rings is 1. The predicted octanol–water partition coefficient (Wildman–Crippen LogP) is 3.91. The van der Waals surface area contributed by atoms with E-state index >= 15 is 0 Å². The third-order valence-corrected chi connectivity index (χ3v) is 8.22. The first-order valence-electron chi connectivity index (χ1n) is 9.34. The van der Waals surface area contributed by atoms with Crippen LogP contribution in [0.3, 0.4) is 0 Å². The largest absolute Gasteiger partial charge is 0.462 e. The van der Waals surface area contributed by atoms with Crippen LogP contribution in [0.2, 0.25) is 0 Å². The van der Waals surface area contributed by atoms with Crippen molar-refractivity contribution in [2.45, 2.75) is 23.7 Å². The fourth-order valence-electron chi connectivity index (χ4n) is 3.67. The molecule has 5 rings (SSSR count). The summed E-state index contributed by atoms with van der Waals surface area (Å²) in [5.41, 5.74) is 0.518. The number of para-hydroxylation sites is 1. The van der Waals surface area contributed by atoms with Crippen LogP contribution in [0.1, 0.15) is 23.8 Å². The summed E-state index contributed by atoms with van der Waals surface area (Å²) in [7, 11) is -3.60. The van der Waals surface area contributed by atoms with Gasteiger partial charge in [0, 0.05) is 30.6 Å². The Morgan fingerprint density at radius 2 is 1.86 bits per heavy atom. The Balaban J connectivity index is 1.35. The molecule has 148 valence electrons. The van der Waals surface area contributed by atoms with Gasteiger partial charge in [0.05, 0.1) is 11.8 Å². The maximum absolute atomic E-state index is 13.3. The van der Waals surface area contributed by atoms with Crippen LogP contribution in [0.5, 0.6) is 0 Å². The molecule has 0 bridgehead atoms. The second kappa shape index (κ2) is 7.33. The zero-order valence-corrected chi connectivity index (χ0v) is 17.1. The van der Waals surface area contributed by atoms with Crippen molar-refractivity contribution in [3.63, 3.8) is 0 Å². The molecule has 1 saturated heterocycles. The minimum absolute atomic E-state index is 0.202. The van der Waals surface area contributed by atoms with Crippen LogP contribution >= 0.6 is 11.3 Å². The highest BCUT2D eigenvalue weighted by Crippen LogP contribution is 2.35. The molecule has 1 aromatic carbocycles. The van der Waals surface area contributed by atoms with E-state index in [2.05, 4.69) is 15.2 Å². The minimum Gasteiger partial charge on any atom is -0.462 e. The van der Waals surface area contributed by atoms with Crippen molar-refractivity contribution in [1.82, 2.24) is 19.5 Å². The Morgan fingerprint density at radius 1 is 1.03 bits per heavy atom. The maximum atomic E-state index is 13.3. The van der Waals surface area contributed by atoms with Crippen LogP contribution in [0.4, 0.5) is 0 Å². The molecular weight excluding hydrogens is 408 g/mol. The Bertz CT molecular complexity index is 1240. The number of piperidine rings is 1. The lowest BCUT2D eigenvalue weighted by Gasteiger charge is -2.30. The molecule has 0 N–H and O–H groups in total. The summed E-state index contributed by atoms with van der Waals surface area (Å²) >= 11 is 1.51. The van der Waals surface area contributed by atoms with E-state index < -0.39 is 10.0 Å². The predicted molar refractivity (Wildman–Crippen MR) is 110 cm³/mol. The van der Waals surface area contributed by atoms with Crippen LogP contribution in [0.15, 0.2) is 64.2 Å². The van der Waals surface area contributed by atoms with Crippen molar-refractivity contribution < 1.29 is 12.8 Å². The van der Waals surface area contributed by atoms with Gasteiger partial charge in [-0.1, -0.05) is 29.5 Å². The number of sulfonamides is 1. The molecule has 0 spiro atoms. The molecule has 4 heterocycles. The van der Waals surface area contributed by atoms with Gasteiger partial charge < -0.3 is 4.42 Å². The fourth-order valence-corrected chi connectivity index (χ4v) is 6.28. The van der Waals surface area contributed by atoms with Crippen molar-refractivity contribution in [2.24, 2.45) is 0 Å². The molecule has 1 aliphatic rings. The first-order valence-corrected chi connectivity index (χ1v) is 11.6. The number of nitrogens with zero attached hydrogens (tertiary/aromatic N) is 4. The molecule has 3 aromatic heterocycles. The number of hydrogen-bond acceptors (Lipinski definition) is 7. The topological polar surface area (TPSA) is 89.2 Å². The summed E-state index contributed by atoms with van der Waals surface area (Å²) in [6.45, 7) is 0.901. The van der Waals surface area contributed by atoms with Crippen molar-refractivity contribution >= 4 is 32.3 Å². The van der Waals surface area contributed by atoms with Gasteiger partial charge in [-0.2, -0.15) is 4.31 Å². The molecule has 0 saturated carbocycles. The number of fused-ring (bicyclic) bond motifs is 1. The van der Waals surface area contributed by atoms with Crippen molar-refractivity contribution in [3.8, 4) is 10.8 Å². The molecule has 0 amide bonds. The zero-order chi connectivity index (χ0) is 19.8. The lowest BCUT2D eigenvalue weighted by atomic mass is 9.99. The first-order chi connectivity index (χ1) is 14.1. The summed E-state index contributed by atoms with van der Waals surface area (Å²) in [5, 5.41) is 11.0. The van der Waals surface area contributed by atoms with E-state index in [1.807, 2.05) is 30.3 Å². The zero-order valence-electron chi connectivity index (χ0n) is 15.4. The average Bonchev–Trinajstić information content (AvgIpc) is 3.45. The van der Waals surface area contributed by atoms with Crippen molar-refractivity contribution in [1.29, 1.82) is 0 Å². The summed E-state index contributed by atoms with van der Waals surface area (Å²) < 4.78 is 33.4. The van der Waals surface area contributed by atoms with E-state index in [1.54, 1.807) is 28.9 Å². The van der Waals surface area contributed by atoms with Crippen LogP contribution in [-0.2, 0) is 10.0 Å². The Kier molecular flexibility index (Phi) is 4.65. The molecule has 1 fully saturated rings. The average molecular weight is 427 g/mol. The summed E-state index contributed by atoms with van der Waals surface area (Å²) in [6, 6.07) is 12.6. The number of hydrogen-bond donors (Lipinski definition) is 0. The Morgan fingerprint density at radius 3 is 2.66 bits per heavy atom. The second-order valence-corrected chi connectivity index (χ2v) is 9.85. The number of furan rings is 1. The third kappa shape index (κ3) is 3.35. The van der Waals surface area contributed by atoms with Crippen LogP contribution < -0.4 is 0 Å². The number of rotatable bonds is 4. The van der Waals surface area contributed by atoms with Crippen molar-refractivity contribution in [3.05, 3.63) is 59.9 Å². The van der Waals surface area contributed by atoms with Crippen molar-refractivity contribution in [2.75, 3.05) is 13.1 Å². The van der Waals surface area contributed by atoms with E-state index in [9.17, 15) is 8.42 Å². The lowest BCUT2D eigenvalue weighted by molar-refractivity contribution is 0.319. The molecule has 7 nitrogen and oxygen atoms in total. The van der Waals surface area contributed by atoms with Gasteiger partial charge in [-0.25, -0.2) is 8.42 Å². The highest BCUT2D eigenvalue weighted by Gasteiger charge is 2.32. The Hall–Kier alpha value is -2.62. The molecule has 0 atom stereocenters. The first kappa shape index (κ1) is 18.4. The molecule has 9 heteroatoms. The summed E-state index contributed by atoms with van der Waals surface area (Å²) in [4.78, 5) is 4.57. The molecule has 0 radical (unpaired) electrons. The maximum Gasteiger partial charge on any atom is 0.245 e. The Labute approximate surface area is 172 Å². The molecule has 4 aromatic rings. The van der Waals surface area contributed by atoms with Gasteiger partial charge >= 0.3 is 0 Å². The molecule has 0 aliphatic carbocycles. The third-order valence-electron chi connectivity index (χ3n) is 5.19. The monoisotopic (exact) mass is 426 g/mol. The van der Waals surface area contributed by atoms with Crippen LogP contribution in [-0.4, -0.2) is 41.0 Å². The number of aromatic nitrogens is 3. The second-order valence-electron chi connectivity index (χ2n) is 6.93. The van der Waals surface area contributed by atoms with Gasteiger partial charge in [0.2, 0.25) is 10.0 Å². The quantitative estimate of drug-likeness (QED) is 0.491. The van der Waals surface area contributed by atoms with Gasteiger partial charge in [-0.15, -0.1) is 10.2 Å². The molecule has 0 unspecified atom stereocenters. The standard InChI is InChI=1S/C20H18N4O3S2/c25-29(26,17-7-1-4-14-5-2-10-21-18(14)17)24-11-8-15(9-12-24)19-22-23-20(28-19)16-6-3-13-27-16/h1-7,10,13,15H,8-9,11-12H2. The summed E-state index contributed by atoms with van der Waals surface area (Å²) in [5.74, 6) is 0.908. The van der Waals surface area contributed by atoms with Gasteiger partial charge in [0.1, 0.15) is 9.90 Å². The van der Waals surface area contributed by atoms with Gasteiger partial charge in [0.25, 0.3) is 0 Å². The summed E-state index contributed by atoms with van der Waals surface area (Å²) in [6.07, 6.45) is 4.66. The SMILES string of the molecule is O=S(=O)(c1cccc2cccnc12)N1CCC(c2nnc(-c3ccco3)s2)CC1. The fraction of sp³-hybridized carbons (Fsp3) is 0.250. The molecular formula is C20H18N4O3S2. The normalized spacial score (nSPS) is 16.4. The van der Waals surface area contributed by atoms with Gasteiger partial charge in [-0.3, -0.25) is 4.98 Å². The number of pyridine rings is 1. The van der Waals surface area contributed by atoms with E-state index in [0.717, 1.165) is 15.4 Å². The molecule has 1 aliphatic heterocycles. The van der Waals surface area contributed by atoms with E-state index in [1.165, 1.54) is 11.3 Å². The van der Waals surface area contributed by atoms with E-state index in [-0.39, 0.29) is 10.8 Å². The van der Waals surface area contributed by atoms with Gasteiger partial charge in [-0.05, 0) is 37.1 Å². The molecule has 29 heavy (non-hydrogen) atoms. The smallest absolute Gasteiger partial charge is 0.245 e. The lowest BCUT2D eigenvalue weighted by Crippen LogP contribution is -2.38. The highest BCUT2D eigenvalue weighted by atomic mass is 32.2. The van der Waals surface area contributed by atoms with E-state index in [4.69, 9.17) is 4.42 Å². The highest BCUT2D eigenvalue weighted by molar-refractivity contribution is 7.89. The van der Waals surface area contributed by atoms with E-state index in [0.29, 0.717) is 37.2 Å². The van der Waals surface area contributed by atoms with Gasteiger partial charge in [0.15, 0.2) is 10.8 Å². The van der Waals surface area contributed by atoms with Crippen LogP contribution in [0.25, 0.3) is 21.7 Å². The minimum atomic E-state index is -3.60. The van der Waals surface area contributed by atoms with Crippen LogP contribution in [0, 0.1) is 0 Å².